The molecule has 36 heavy (non-hydrogen) atoms. The van der Waals surface area contributed by atoms with Crippen molar-refractivity contribution >= 4 is 23.4 Å². The van der Waals surface area contributed by atoms with Crippen molar-refractivity contribution in [2.24, 2.45) is 5.92 Å². The molecular formula is C26H35N3O7. The fourth-order valence-electron chi connectivity index (χ4n) is 3.50. The molecule has 0 radical (unpaired) electrons. The van der Waals surface area contributed by atoms with Gasteiger partial charge in [0, 0.05) is 37.4 Å². The second-order valence-electron chi connectivity index (χ2n) is 8.74. The average Bonchev–Trinajstić information content (AvgIpc) is 2.83. The quantitative estimate of drug-likeness (QED) is 0.260. The summed E-state index contributed by atoms with van der Waals surface area (Å²) in [6, 6.07) is 12.5. The zero-order chi connectivity index (χ0) is 26.5. The Hall–Kier alpha value is -3.66. The Bertz CT molecular complexity index is 978. The van der Waals surface area contributed by atoms with Crippen LogP contribution in [0.15, 0.2) is 48.5 Å². The molecule has 10 nitrogen and oxygen atoms in total. The van der Waals surface area contributed by atoms with Crippen LogP contribution in [-0.2, 0) is 16.0 Å². The third kappa shape index (κ3) is 9.91. The van der Waals surface area contributed by atoms with Crippen LogP contribution in [-0.4, -0.2) is 59.3 Å². The maximum atomic E-state index is 12.9. The number of ether oxygens (including phenoxy) is 2. The van der Waals surface area contributed by atoms with Gasteiger partial charge in [-0.2, -0.15) is 0 Å². The van der Waals surface area contributed by atoms with Crippen molar-refractivity contribution in [2.75, 3.05) is 31.6 Å². The van der Waals surface area contributed by atoms with Crippen molar-refractivity contribution in [2.45, 2.75) is 46.1 Å². The normalized spacial score (nSPS) is 11.7. The van der Waals surface area contributed by atoms with Crippen LogP contribution in [0.4, 0.5) is 16.2 Å². The van der Waals surface area contributed by atoms with Crippen molar-refractivity contribution in [1.29, 1.82) is 0 Å². The van der Waals surface area contributed by atoms with Gasteiger partial charge in [-0.15, -0.1) is 0 Å². The molecule has 0 aliphatic rings. The number of hydrogen-bond donors (Lipinski definition) is 2. The monoisotopic (exact) mass is 501 g/mol. The van der Waals surface area contributed by atoms with Gasteiger partial charge in [-0.3, -0.25) is 10.1 Å². The molecule has 1 unspecified atom stereocenters. The van der Waals surface area contributed by atoms with Crippen LogP contribution in [0.1, 0.15) is 39.2 Å². The molecule has 2 rings (SSSR count). The van der Waals surface area contributed by atoms with E-state index in [4.69, 9.17) is 9.47 Å². The number of rotatable bonds is 15. The Morgan fingerprint density at radius 2 is 1.75 bits per heavy atom. The standard InChI is InChI=1S/C26H35N3O7/c1-4-35-24(25(30)31)18-20-7-13-23(14-8-20)36-17-16-28(15-5-6-19(2)3)26(32)27-21-9-11-22(12-10-21)29(33)34/h7-14,19,24H,4-6,15-18H2,1-3H3,(H,27,32)(H,30,31). The van der Waals surface area contributed by atoms with Gasteiger partial charge in [-0.25, -0.2) is 9.59 Å². The summed E-state index contributed by atoms with van der Waals surface area (Å²) in [5, 5.41) is 22.9. The first kappa shape index (κ1) is 28.6. The first-order chi connectivity index (χ1) is 17.2. The number of carboxylic acids is 1. The Labute approximate surface area is 211 Å². The highest BCUT2D eigenvalue weighted by molar-refractivity contribution is 5.89. The van der Waals surface area contributed by atoms with E-state index in [1.807, 2.05) is 0 Å². The van der Waals surface area contributed by atoms with Gasteiger partial charge in [0.05, 0.1) is 11.5 Å². The first-order valence-electron chi connectivity index (χ1n) is 12.1. The number of non-ortho nitro benzene ring substituents is 1. The largest absolute Gasteiger partial charge is 0.492 e. The predicted octanol–water partition coefficient (Wildman–Crippen LogP) is 4.98. The Morgan fingerprint density at radius 1 is 1.08 bits per heavy atom. The van der Waals surface area contributed by atoms with Crippen LogP contribution >= 0.6 is 0 Å². The van der Waals surface area contributed by atoms with E-state index in [1.54, 1.807) is 36.1 Å². The van der Waals surface area contributed by atoms with E-state index < -0.39 is 17.0 Å². The van der Waals surface area contributed by atoms with Crippen molar-refractivity contribution in [1.82, 2.24) is 4.90 Å². The molecule has 2 N–H and O–H groups in total. The number of nitrogens with zero attached hydrogens (tertiary/aromatic N) is 2. The molecule has 0 fully saturated rings. The molecule has 0 saturated carbocycles. The number of aliphatic carboxylic acids is 1. The Kier molecular flexibility index (Phi) is 11.6. The number of urea groups is 1. The minimum absolute atomic E-state index is 0.0439. The number of nitrogens with one attached hydrogen (secondary N) is 1. The second kappa shape index (κ2) is 14.7. The van der Waals surface area contributed by atoms with E-state index in [9.17, 15) is 24.8 Å². The van der Waals surface area contributed by atoms with Gasteiger partial charge in [0.25, 0.3) is 5.69 Å². The highest BCUT2D eigenvalue weighted by atomic mass is 16.6. The summed E-state index contributed by atoms with van der Waals surface area (Å²) in [6.07, 6.45) is 1.18. The highest BCUT2D eigenvalue weighted by Crippen LogP contribution is 2.17. The maximum Gasteiger partial charge on any atom is 0.333 e. The summed E-state index contributed by atoms with van der Waals surface area (Å²) in [4.78, 5) is 36.2. The summed E-state index contributed by atoms with van der Waals surface area (Å²) < 4.78 is 11.1. The fraction of sp³-hybridized carbons (Fsp3) is 0.462. The van der Waals surface area contributed by atoms with Crippen LogP contribution < -0.4 is 10.1 Å². The van der Waals surface area contributed by atoms with E-state index in [0.717, 1.165) is 18.4 Å². The van der Waals surface area contributed by atoms with Crippen molar-refractivity contribution in [3.8, 4) is 5.75 Å². The molecule has 0 spiro atoms. The van der Waals surface area contributed by atoms with E-state index in [0.29, 0.717) is 37.1 Å². The van der Waals surface area contributed by atoms with Gasteiger partial charge < -0.3 is 24.8 Å². The van der Waals surface area contributed by atoms with Crippen LogP contribution in [0, 0.1) is 16.0 Å². The number of carbonyl (C=O) groups is 2. The van der Waals surface area contributed by atoms with Gasteiger partial charge in [0.1, 0.15) is 12.4 Å². The van der Waals surface area contributed by atoms with E-state index in [1.165, 1.54) is 24.3 Å². The topological polar surface area (TPSA) is 131 Å². The SMILES string of the molecule is CCOC(Cc1ccc(OCCN(CCCC(C)C)C(=O)Nc2ccc([N+](=O)[O-])cc2)cc1)C(=O)O. The lowest BCUT2D eigenvalue weighted by atomic mass is 10.1. The maximum absolute atomic E-state index is 12.9. The van der Waals surface area contributed by atoms with Gasteiger partial charge >= 0.3 is 12.0 Å². The summed E-state index contributed by atoms with van der Waals surface area (Å²) in [5.41, 5.74) is 1.25. The molecule has 0 aliphatic carbocycles. The number of hydrogen-bond acceptors (Lipinski definition) is 6. The fourth-order valence-corrected chi connectivity index (χ4v) is 3.50. The zero-order valence-electron chi connectivity index (χ0n) is 21.0. The smallest absolute Gasteiger partial charge is 0.333 e. The minimum Gasteiger partial charge on any atom is -0.492 e. The average molecular weight is 502 g/mol. The van der Waals surface area contributed by atoms with Crippen molar-refractivity contribution < 1.29 is 29.1 Å². The van der Waals surface area contributed by atoms with Crippen LogP contribution in [0.2, 0.25) is 0 Å². The Morgan fingerprint density at radius 3 is 2.31 bits per heavy atom. The number of amides is 2. The molecule has 2 amide bonds. The van der Waals surface area contributed by atoms with E-state index >= 15 is 0 Å². The van der Waals surface area contributed by atoms with Gasteiger partial charge in [-0.05, 0) is 55.5 Å². The molecule has 10 heteroatoms. The zero-order valence-corrected chi connectivity index (χ0v) is 21.0. The van der Waals surface area contributed by atoms with E-state index in [2.05, 4.69) is 19.2 Å². The summed E-state index contributed by atoms with van der Waals surface area (Å²) in [5.74, 6) is 0.129. The molecule has 196 valence electrons. The predicted molar refractivity (Wildman–Crippen MR) is 136 cm³/mol. The molecule has 2 aromatic rings. The Balaban J connectivity index is 1.93. The third-order valence-corrected chi connectivity index (χ3v) is 5.44. The number of nitro groups is 1. The van der Waals surface area contributed by atoms with Gasteiger partial charge in [0.15, 0.2) is 6.10 Å². The third-order valence-electron chi connectivity index (χ3n) is 5.44. The molecule has 0 saturated heterocycles. The van der Waals surface area contributed by atoms with Crippen molar-refractivity contribution in [3.05, 3.63) is 64.2 Å². The lowest BCUT2D eigenvalue weighted by Crippen LogP contribution is -2.38. The number of anilines is 1. The highest BCUT2D eigenvalue weighted by Gasteiger charge is 2.18. The number of carboxylic acid groups (broad SMARTS) is 1. The number of nitro benzene ring substituents is 1. The van der Waals surface area contributed by atoms with Crippen LogP contribution in [0.25, 0.3) is 0 Å². The van der Waals surface area contributed by atoms with Gasteiger partial charge in [0.2, 0.25) is 0 Å². The minimum atomic E-state index is -0.998. The molecule has 0 bridgehead atoms. The first-order valence-corrected chi connectivity index (χ1v) is 12.1. The molecule has 0 aliphatic heterocycles. The molecule has 2 aromatic carbocycles. The lowest BCUT2D eigenvalue weighted by Gasteiger charge is -2.23. The number of benzene rings is 2. The second-order valence-corrected chi connectivity index (χ2v) is 8.74. The van der Waals surface area contributed by atoms with Crippen LogP contribution in [0.5, 0.6) is 5.75 Å². The molecule has 0 aromatic heterocycles. The molecule has 1 atom stereocenters. The number of carbonyl (C=O) groups excluding carboxylic acids is 1. The summed E-state index contributed by atoms with van der Waals surface area (Å²) >= 11 is 0. The lowest BCUT2D eigenvalue weighted by molar-refractivity contribution is -0.384. The summed E-state index contributed by atoms with van der Waals surface area (Å²) in [6.45, 7) is 7.50. The summed E-state index contributed by atoms with van der Waals surface area (Å²) in [7, 11) is 0. The molecular weight excluding hydrogens is 466 g/mol. The van der Waals surface area contributed by atoms with E-state index in [-0.39, 0.29) is 24.7 Å². The molecule has 0 heterocycles. The van der Waals surface area contributed by atoms with Gasteiger partial charge in [-0.1, -0.05) is 26.0 Å². The van der Waals surface area contributed by atoms with Crippen molar-refractivity contribution in [3.63, 3.8) is 0 Å². The van der Waals surface area contributed by atoms with Crippen LogP contribution in [0.3, 0.4) is 0 Å².